The Morgan fingerprint density at radius 2 is 1.76 bits per heavy atom. The van der Waals surface area contributed by atoms with Gasteiger partial charge < -0.3 is 14.8 Å². The molecule has 0 aliphatic carbocycles. The molecule has 1 amide bonds. The summed E-state index contributed by atoms with van der Waals surface area (Å²) in [6.07, 6.45) is -0.529. The van der Waals surface area contributed by atoms with E-state index in [0.717, 1.165) is 5.56 Å². The summed E-state index contributed by atoms with van der Waals surface area (Å²) in [6.45, 7) is 7.44. The molecule has 1 aromatic rings. The van der Waals surface area contributed by atoms with Crippen molar-refractivity contribution < 1.29 is 19.1 Å². The first-order valence-corrected chi connectivity index (χ1v) is 7.00. The lowest BCUT2D eigenvalue weighted by molar-refractivity contribution is -0.153. The number of esters is 1. The molecule has 116 valence electrons. The minimum Gasteiger partial charge on any atom is -0.463 e. The Morgan fingerprint density at radius 3 is 2.29 bits per heavy atom. The van der Waals surface area contributed by atoms with Crippen molar-refractivity contribution in [3.05, 3.63) is 35.9 Å². The van der Waals surface area contributed by atoms with Gasteiger partial charge in [-0.15, -0.1) is 0 Å². The average Bonchev–Trinajstić information content (AvgIpc) is 2.43. The quantitative estimate of drug-likeness (QED) is 0.847. The van der Waals surface area contributed by atoms with Gasteiger partial charge in [-0.05, 0) is 33.3 Å². The van der Waals surface area contributed by atoms with Crippen molar-refractivity contribution in [1.29, 1.82) is 0 Å². The van der Waals surface area contributed by atoms with Crippen molar-refractivity contribution in [3.63, 3.8) is 0 Å². The Balaban J connectivity index is 2.74. The van der Waals surface area contributed by atoms with Gasteiger partial charge in [-0.3, -0.25) is 4.79 Å². The van der Waals surface area contributed by atoms with E-state index in [1.807, 2.05) is 30.3 Å². The van der Waals surface area contributed by atoms with Crippen LogP contribution in [0, 0.1) is 5.41 Å². The summed E-state index contributed by atoms with van der Waals surface area (Å²) < 4.78 is 10.2. The van der Waals surface area contributed by atoms with E-state index in [9.17, 15) is 9.59 Å². The first-order chi connectivity index (χ1) is 9.84. The molecule has 21 heavy (non-hydrogen) atoms. The Bertz CT molecular complexity index is 465. The largest absolute Gasteiger partial charge is 0.463 e. The van der Waals surface area contributed by atoms with E-state index in [4.69, 9.17) is 9.47 Å². The number of carbonyl (C=O) groups is 2. The minimum absolute atomic E-state index is 0.0684. The molecule has 0 radical (unpaired) electrons. The number of hydrogen-bond donors (Lipinski definition) is 1. The average molecular weight is 293 g/mol. The predicted molar refractivity (Wildman–Crippen MR) is 79.8 cm³/mol. The lowest BCUT2D eigenvalue weighted by atomic mass is 9.97. The van der Waals surface area contributed by atoms with Crippen molar-refractivity contribution in [3.8, 4) is 0 Å². The molecular formula is C16H23NO4. The van der Waals surface area contributed by atoms with Crippen LogP contribution in [-0.4, -0.2) is 25.3 Å². The summed E-state index contributed by atoms with van der Waals surface area (Å²) in [7, 11) is 0. The topological polar surface area (TPSA) is 64.6 Å². The highest BCUT2D eigenvalue weighted by Gasteiger charge is 2.25. The van der Waals surface area contributed by atoms with E-state index in [2.05, 4.69) is 5.32 Å². The fourth-order valence-electron chi connectivity index (χ4n) is 1.60. The molecule has 0 aromatic heterocycles. The fraction of sp³-hybridized carbons (Fsp3) is 0.500. The zero-order valence-electron chi connectivity index (χ0n) is 13.0. The van der Waals surface area contributed by atoms with Crippen molar-refractivity contribution in [1.82, 2.24) is 5.32 Å². The maximum atomic E-state index is 11.8. The van der Waals surface area contributed by atoms with E-state index in [0.29, 0.717) is 0 Å². The summed E-state index contributed by atoms with van der Waals surface area (Å²) >= 11 is 0. The number of amides is 1. The predicted octanol–water partition coefficient (Wildman–Crippen LogP) is 3.06. The SMILES string of the molecule is CCOC(=O)NC(COC(=O)C(C)(C)C)c1ccccc1. The van der Waals surface area contributed by atoms with Gasteiger partial charge >= 0.3 is 12.1 Å². The number of alkyl carbamates (subject to hydrolysis) is 1. The summed E-state index contributed by atoms with van der Waals surface area (Å²) in [5, 5.41) is 2.70. The third-order valence-corrected chi connectivity index (χ3v) is 2.76. The first kappa shape index (κ1) is 17.0. The molecule has 1 unspecified atom stereocenters. The van der Waals surface area contributed by atoms with Crippen LogP contribution in [-0.2, 0) is 14.3 Å². The molecule has 5 nitrogen and oxygen atoms in total. The molecule has 0 aliphatic rings. The number of benzene rings is 1. The van der Waals surface area contributed by atoms with Gasteiger partial charge in [0.1, 0.15) is 6.61 Å². The van der Waals surface area contributed by atoms with Crippen LogP contribution in [0.3, 0.4) is 0 Å². The van der Waals surface area contributed by atoms with Crippen LogP contribution in [0.4, 0.5) is 4.79 Å². The van der Waals surface area contributed by atoms with Crippen LogP contribution < -0.4 is 5.32 Å². The van der Waals surface area contributed by atoms with E-state index in [1.54, 1.807) is 27.7 Å². The lowest BCUT2D eigenvalue weighted by Gasteiger charge is -2.22. The van der Waals surface area contributed by atoms with Gasteiger partial charge in [0, 0.05) is 0 Å². The molecule has 0 fully saturated rings. The van der Waals surface area contributed by atoms with E-state index in [1.165, 1.54) is 0 Å². The highest BCUT2D eigenvalue weighted by atomic mass is 16.6. The molecule has 1 N–H and O–H groups in total. The molecule has 1 rings (SSSR count). The van der Waals surface area contributed by atoms with Gasteiger partial charge in [0.05, 0.1) is 18.1 Å². The molecule has 5 heteroatoms. The van der Waals surface area contributed by atoms with Crippen molar-refractivity contribution in [2.45, 2.75) is 33.7 Å². The van der Waals surface area contributed by atoms with Crippen LogP contribution in [0.15, 0.2) is 30.3 Å². The monoisotopic (exact) mass is 293 g/mol. The van der Waals surface area contributed by atoms with Gasteiger partial charge in [0.15, 0.2) is 0 Å². The Morgan fingerprint density at radius 1 is 1.14 bits per heavy atom. The number of nitrogens with one attached hydrogen (secondary N) is 1. The maximum absolute atomic E-state index is 11.8. The highest BCUT2D eigenvalue weighted by Crippen LogP contribution is 2.18. The fourth-order valence-corrected chi connectivity index (χ4v) is 1.60. The van der Waals surface area contributed by atoms with Crippen LogP contribution >= 0.6 is 0 Å². The summed E-state index contributed by atoms with van der Waals surface area (Å²) in [5.74, 6) is -0.311. The zero-order chi connectivity index (χ0) is 15.9. The van der Waals surface area contributed by atoms with Crippen molar-refractivity contribution in [2.75, 3.05) is 13.2 Å². The van der Waals surface area contributed by atoms with E-state index < -0.39 is 17.6 Å². The molecule has 0 saturated heterocycles. The zero-order valence-corrected chi connectivity index (χ0v) is 13.0. The molecule has 1 aromatic carbocycles. The molecule has 0 spiro atoms. The third-order valence-electron chi connectivity index (χ3n) is 2.76. The molecule has 0 aliphatic heterocycles. The normalized spacial score (nSPS) is 12.4. The summed E-state index contributed by atoms with van der Waals surface area (Å²) in [5.41, 5.74) is 0.276. The van der Waals surface area contributed by atoms with Gasteiger partial charge in [-0.25, -0.2) is 4.79 Å². The molecule has 0 heterocycles. The van der Waals surface area contributed by atoms with Crippen molar-refractivity contribution >= 4 is 12.1 Å². The maximum Gasteiger partial charge on any atom is 0.407 e. The molecular weight excluding hydrogens is 270 g/mol. The van der Waals surface area contributed by atoms with Gasteiger partial charge in [-0.2, -0.15) is 0 Å². The Kier molecular flexibility index (Phi) is 6.21. The van der Waals surface area contributed by atoms with Crippen LogP contribution in [0.2, 0.25) is 0 Å². The van der Waals surface area contributed by atoms with Crippen LogP contribution in [0.5, 0.6) is 0 Å². The molecule has 0 bridgehead atoms. The minimum atomic E-state index is -0.578. The third kappa shape index (κ3) is 5.85. The van der Waals surface area contributed by atoms with E-state index in [-0.39, 0.29) is 19.2 Å². The number of carbonyl (C=O) groups excluding carboxylic acids is 2. The van der Waals surface area contributed by atoms with Crippen LogP contribution in [0.1, 0.15) is 39.3 Å². The number of hydrogen-bond acceptors (Lipinski definition) is 4. The standard InChI is InChI=1S/C16H23NO4/c1-5-20-15(19)17-13(12-9-7-6-8-10-12)11-21-14(18)16(2,3)4/h6-10,13H,5,11H2,1-4H3,(H,17,19). The van der Waals surface area contributed by atoms with Gasteiger partial charge in [0.2, 0.25) is 0 Å². The van der Waals surface area contributed by atoms with E-state index >= 15 is 0 Å². The summed E-state index contributed by atoms with van der Waals surface area (Å²) in [4.78, 5) is 23.4. The first-order valence-electron chi connectivity index (χ1n) is 7.00. The molecule has 1 atom stereocenters. The Labute approximate surface area is 125 Å². The number of rotatable bonds is 5. The smallest absolute Gasteiger partial charge is 0.407 e. The summed E-state index contributed by atoms with van der Waals surface area (Å²) in [6, 6.07) is 8.90. The Hall–Kier alpha value is -2.04. The van der Waals surface area contributed by atoms with Crippen LogP contribution in [0.25, 0.3) is 0 Å². The van der Waals surface area contributed by atoms with Crippen molar-refractivity contribution in [2.24, 2.45) is 5.41 Å². The van der Waals surface area contributed by atoms with Gasteiger partial charge in [0.25, 0.3) is 0 Å². The second-order valence-corrected chi connectivity index (χ2v) is 5.68. The molecule has 0 saturated carbocycles. The second kappa shape index (κ2) is 7.67. The second-order valence-electron chi connectivity index (χ2n) is 5.68. The highest BCUT2D eigenvalue weighted by molar-refractivity contribution is 5.75. The number of ether oxygens (including phenoxy) is 2. The lowest BCUT2D eigenvalue weighted by Crippen LogP contribution is -2.34. The van der Waals surface area contributed by atoms with Gasteiger partial charge in [-0.1, -0.05) is 30.3 Å².